The van der Waals surface area contributed by atoms with Gasteiger partial charge in [-0.05, 0) is 43.7 Å². The lowest BCUT2D eigenvalue weighted by Gasteiger charge is -2.15. The number of pyridine rings is 1. The molecule has 2 aromatic carbocycles. The van der Waals surface area contributed by atoms with Crippen LogP contribution in [0.15, 0.2) is 60.7 Å². The van der Waals surface area contributed by atoms with E-state index < -0.39 is 15.7 Å². The topological polar surface area (TPSA) is 103 Å². The van der Waals surface area contributed by atoms with Gasteiger partial charge >= 0.3 is 0 Å². The molecule has 34 heavy (non-hydrogen) atoms. The smallest absolute Gasteiger partial charge is 0.276 e. The number of carbonyl (C=O) groups is 1. The van der Waals surface area contributed by atoms with Crippen molar-refractivity contribution in [2.75, 3.05) is 23.9 Å². The van der Waals surface area contributed by atoms with Crippen molar-refractivity contribution in [2.24, 2.45) is 0 Å². The van der Waals surface area contributed by atoms with Crippen LogP contribution in [0.3, 0.4) is 0 Å². The first-order valence-electron chi connectivity index (χ1n) is 11.0. The Morgan fingerprint density at radius 1 is 1.09 bits per heavy atom. The minimum Gasteiger partial charge on any atom is -0.497 e. The van der Waals surface area contributed by atoms with Crippen LogP contribution in [0.25, 0.3) is 22.3 Å². The lowest BCUT2D eigenvalue weighted by atomic mass is 10.1. The van der Waals surface area contributed by atoms with E-state index in [1.165, 1.54) is 0 Å². The van der Waals surface area contributed by atoms with E-state index in [0.29, 0.717) is 40.4 Å². The molecule has 2 aromatic heterocycles. The number of nitrogens with one attached hydrogen (secondary N) is 1. The number of nitrogens with zero attached hydrogens (tertiary/aromatic N) is 3. The van der Waals surface area contributed by atoms with Gasteiger partial charge < -0.3 is 14.6 Å². The molecule has 1 amide bonds. The number of fused-ring (bicyclic) bond motifs is 1. The Bertz CT molecular complexity index is 1480. The van der Waals surface area contributed by atoms with Crippen LogP contribution in [0.2, 0.25) is 0 Å². The van der Waals surface area contributed by atoms with E-state index in [0.717, 1.165) is 5.56 Å². The number of hydrogen-bond donors (Lipinski definition) is 1. The molecule has 4 aromatic rings. The second kappa shape index (κ2) is 8.57. The fourth-order valence-electron chi connectivity index (χ4n) is 4.43. The zero-order valence-corrected chi connectivity index (χ0v) is 19.7. The summed E-state index contributed by atoms with van der Waals surface area (Å²) < 4.78 is 31.5. The molecule has 3 heterocycles. The first kappa shape index (κ1) is 22.1. The summed E-state index contributed by atoms with van der Waals surface area (Å²) in [5, 5.41) is 2.89. The van der Waals surface area contributed by atoms with Crippen molar-refractivity contribution in [2.45, 2.75) is 19.4 Å². The van der Waals surface area contributed by atoms with Crippen molar-refractivity contribution in [1.82, 2.24) is 14.5 Å². The maximum atomic E-state index is 13.4. The third kappa shape index (κ3) is 4.14. The Balaban J connectivity index is 1.64. The zero-order chi connectivity index (χ0) is 23.9. The molecule has 9 heteroatoms. The summed E-state index contributed by atoms with van der Waals surface area (Å²) >= 11 is 0. The first-order valence-corrected chi connectivity index (χ1v) is 12.8. The van der Waals surface area contributed by atoms with Gasteiger partial charge in [-0.3, -0.25) is 4.79 Å². The van der Waals surface area contributed by atoms with E-state index >= 15 is 0 Å². The Morgan fingerprint density at radius 2 is 1.82 bits per heavy atom. The Kier molecular flexibility index (Phi) is 5.57. The lowest BCUT2D eigenvalue weighted by Crippen LogP contribution is -2.15. The number of methoxy groups -OCH3 is 1. The summed E-state index contributed by atoms with van der Waals surface area (Å²) in [7, 11) is -1.51. The number of aryl methyl sites for hydroxylation is 1. The second-order valence-electron chi connectivity index (χ2n) is 8.36. The summed E-state index contributed by atoms with van der Waals surface area (Å²) in [5.41, 5.74) is 3.42. The molecule has 1 aliphatic heterocycles. The zero-order valence-electron chi connectivity index (χ0n) is 18.9. The molecule has 0 aliphatic carbocycles. The van der Waals surface area contributed by atoms with Crippen molar-refractivity contribution in [3.8, 4) is 17.0 Å². The monoisotopic (exact) mass is 476 g/mol. The second-order valence-corrected chi connectivity index (χ2v) is 10.6. The predicted molar refractivity (Wildman–Crippen MR) is 131 cm³/mol. The average molecular weight is 477 g/mol. The van der Waals surface area contributed by atoms with Crippen LogP contribution < -0.4 is 10.1 Å². The van der Waals surface area contributed by atoms with Crippen LogP contribution >= 0.6 is 0 Å². The molecule has 1 atom stereocenters. The van der Waals surface area contributed by atoms with Gasteiger partial charge in [0.15, 0.2) is 15.5 Å². The fraction of sp³-hybridized carbons (Fsp3) is 0.240. The molecule has 1 aliphatic rings. The summed E-state index contributed by atoms with van der Waals surface area (Å²) in [6, 6.07) is 18.3. The van der Waals surface area contributed by atoms with Crippen LogP contribution in [0.5, 0.6) is 5.75 Å². The molecule has 0 bridgehead atoms. The number of amides is 1. The van der Waals surface area contributed by atoms with E-state index in [1.54, 1.807) is 31.4 Å². The van der Waals surface area contributed by atoms with Gasteiger partial charge in [0.05, 0.1) is 35.9 Å². The van der Waals surface area contributed by atoms with Gasteiger partial charge in [0, 0.05) is 11.3 Å². The van der Waals surface area contributed by atoms with Crippen LogP contribution in [-0.2, 0) is 9.84 Å². The minimum absolute atomic E-state index is 0.0651. The average Bonchev–Trinajstić information content (AvgIpc) is 3.36. The number of aromatic nitrogens is 3. The van der Waals surface area contributed by atoms with Gasteiger partial charge in [0.1, 0.15) is 17.1 Å². The van der Waals surface area contributed by atoms with E-state index in [-0.39, 0.29) is 23.2 Å². The van der Waals surface area contributed by atoms with Gasteiger partial charge in [0.2, 0.25) is 0 Å². The predicted octanol–water partition coefficient (Wildman–Crippen LogP) is 4.03. The number of anilines is 1. The van der Waals surface area contributed by atoms with Crippen molar-refractivity contribution >= 4 is 32.5 Å². The first-order chi connectivity index (χ1) is 16.3. The molecule has 0 saturated carbocycles. The summed E-state index contributed by atoms with van der Waals surface area (Å²) in [6.45, 7) is 1.83. The highest BCUT2D eigenvalue weighted by Crippen LogP contribution is 2.32. The van der Waals surface area contributed by atoms with Crippen LogP contribution in [-0.4, -0.2) is 47.5 Å². The van der Waals surface area contributed by atoms with E-state index in [9.17, 15) is 13.2 Å². The molecule has 8 nitrogen and oxygen atoms in total. The molecule has 5 rings (SSSR count). The lowest BCUT2D eigenvalue weighted by molar-refractivity contribution is 0.102. The SMILES string of the molecule is COc1ccc(NC(=O)c2nc(-c3ccccc3)cc3c2nc(C)n3C2CCS(=O)(=O)C2)cc1. The van der Waals surface area contributed by atoms with Gasteiger partial charge in [0.25, 0.3) is 5.91 Å². The highest BCUT2D eigenvalue weighted by Gasteiger charge is 2.32. The quantitative estimate of drug-likeness (QED) is 0.467. The van der Waals surface area contributed by atoms with Crippen molar-refractivity contribution in [1.29, 1.82) is 0 Å². The van der Waals surface area contributed by atoms with Gasteiger partial charge in [-0.1, -0.05) is 30.3 Å². The highest BCUT2D eigenvalue weighted by molar-refractivity contribution is 7.91. The number of rotatable bonds is 5. The van der Waals surface area contributed by atoms with E-state index in [1.807, 2.05) is 47.9 Å². The molecule has 1 saturated heterocycles. The number of hydrogen-bond acceptors (Lipinski definition) is 6. The summed E-state index contributed by atoms with van der Waals surface area (Å²) in [4.78, 5) is 22.7. The fourth-order valence-corrected chi connectivity index (χ4v) is 6.13. The third-order valence-electron chi connectivity index (χ3n) is 6.06. The maximum absolute atomic E-state index is 13.4. The van der Waals surface area contributed by atoms with Crippen molar-refractivity contribution in [3.05, 3.63) is 72.2 Å². The Morgan fingerprint density at radius 3 is 2.47 bits per heavy atom. The standard InChI is InChI=1S/C25H24N4O4S/c1-16-26-23-22(29(16)19-12-13-34(31,32)15-19)14-21(17-6-4-3-5-7-17)28-24(23)25(30)27-18-8-10-20(33-2)11-9-18/h3-11,14,19H,12-13,15H2,1-2H3,(H,27,30). The van der Waals surface area contributed by atoms with E-state index in [4.69, 9.17) is 4.74 Å². The summed E-state index contributed by atoms with van der Waals surface area (Å²) in [6.07, 6.45) is 0.519. The van der Waals surface area contributed by atoms with Crippen LogP contribution in [0.4, 0.5) is 5.69 Å². The molecule has 174 valence electrons. The molecule has 0 radical (unpaired) electrons. The summed E-state index contributed by atoms with van der Waals surface area (Å²) in [5.74, 6) is 1.16. The molecule has 0 spiro atoms. The van der Waals surface area contributed by atoms with Gasteiger partial charge in [-0.25, -0.2) is 18.4 Å². The molecule has 1 N–H and O–H groups in total. The number of benzene rings is 2. The highest BCUT2D eigenvalue weighted by atomic mass is 32.2. The van der Waals surface area contributed by atoms with Gasteiger partial charge in [-0.15, -0.1) is 0 Å². The van der Waals surface area contributed by atoms with Gasteiger partial charge in [-0.2, -0.15) is 0 Å². The minimum atomic E-state index is -3.10. The maximum Gasteiger partial charge on any atom is 0.276 e. The van der Waals surface area contributed by atoms with Crippen LogP contribution in [0, 0.1) is 6.92 Å². The number of carbonyl (C=O) groups excluding carboxylic acids is 1. The third-order valence-corrected chi connectivity index (χ3v) is 7.81. The number of imidazole rings is 1. The van der Waals surface area contributed by atoms with Crippen molar-refractivity contribution < 1.29 is 17.9 Å². The van der Waals surface area contributed by atoms with Crippen LogP contribution in [0.1, 0.15) is 28.8 Å². The molecular weight excluding hydrogens is 452 g/mol. The molecular formula is C25H24N4O4S. The normalized spacial score (nSPS) is 17.1. The Labute approximate surface area is 197 Å². The largest absolute Gasteiger partial charge is 0.497 e. The van der Waals surface area contributed by atoms with E-state index in [2.05, 4.69) is 15.3 Å². The molecule has 1 unspecified atom stereocenters. The Hall–Kier alpha value is -3.72. The van der Waals surface area contributed by atoms with Crippen molar-refractivity contribution in [3.63, 3.8) is 0 Å². The molecule has 1 fully saturated rings. The number of sulfone groups is 1. The number of ether oxygens (including phenoxy) is 1.